The highest BCUT2D eigenvalue weighted by Gasteiger charge is 2.26. The lowest BCUT2D eigenvalue weighted by Gasteiger charge is -2.35. The number of amides is 1. The van der Waals surface area contributed by atoms with Crippen LogP contribution in [0.3, 0.4) is 0 Å². The quantitative estimate of drug-likeness (QED) is 0.571. The number of rotatable bonds is 2. The van der Waals surface area contributed by atoms with Crippen molar-refractivity contribution in [3.63, 3.8) is 0 Å². The number of oxazole rings is 1. The van der Waals surface area contributed by atoms with Gasteiger partial charge in [-0.2, -0.15) is 0 Å². The van der Waals surface area contributed by atoms with Gasteiger partial charge in [0.25, 0.3) is 5.91 Å². The molecule has 4 heterocycles. The Morgan fingerprint density at radius 1 is 1.15 bits per heavy atom. The molecule has 0 atom stereocenters. The molecular formula is C18H15N5O3S. The van der Waals surface area contributed by atoms with Gasteiger partial charge < -0.3 is 14.2 Å². The van der Waals surface area contributed by atoms with Crippen LogP contribution >= 0.6 is 11.3 Å². The van der Waals surface area contributed by atoms with E-state index in [4.69, 9.17) is 4.42 Å². The third-order valence-corrected chi connectivity index (χ3v) is 5.67. The van der Waals surface area contributed by atoms with Crippen LogP contribution in [-0.2, 0) is 0 Å². The molecule has 0 bridgehead atoms. The monoisotopic (exact) mass is 381 g/mol. The summed E-state index contributed by atoms with van der Waals surface area (Å²) in [5.74, 6) is 0.228. The van der Waals surface area contributed by atoms with Gasteiger partial charge in [0.2, 0.25) is 0 Å². The van der Waals surface area contributed by atoms with Crippen molar-refractivity contribution in [3.05, 3.63) is 52.1 Å². The van der Waals surface area contributed by atoms with E-state index in [1.54, 1.807) is 40.8 Å². The minimum atomic E-state index is -0.557. The van der Waals surface area contributed by atoms with E-state index in [0.29, 0.717) is 42.8 Å². The number of carbonyl (C=O) groups excluding carboxylic acids is 1. The van der Waals surface area contributed by atoms with Crippen LogP contribution in [0, 0.1) is 0 Å². The zero-order valence-electron chi connectivity index (χ0n) is 14.2. The van der Waals surface area contributed by atoms with Gasteiger partial charge in [0, 0.05) is 26.2 Å². The van der Waals surface area contributed by atoms with Gasteiger partial charge in [-0.3, -0.25) is 9.78 Å². The number of carbonyl (C=O) groups is 1. The van der Waals surface area contributed by atoms with E-state index in [-0.39, 0.29) is 5.91 Å². The molecule has 4 aromatic rings. The van der Waals surface area contributed by atoms with Gasteiger partial charge >= 0.3 is 5.76 Å². The van der Waals surface area contributed by atoms with Crippen molar-refractivity contribution in [1.29, 1.82) is 0 Å². The number of anilines is 1. The zero-order valence-corrected chi connectivity index (χ0v) is 15.0. The number of aromatic nitrogens is 3. The third-order valence-electron chi connectivity index (χ3n) is 4.77. The summed E-state index contributed by atoms with van der Waals surface area (Å²) in [7, 11) is 0. The molecule has 5 rings (SSSR count). The molecule has 27 heavy (non-hydrogen) atoms. The molecule has 0 spiro atoms. The van der Waals surface area contributed by atoms with E-state index in [9.17, 15) is 9.59 Å². The number of nitrogens with one attached hydrogen (secondary N) is 1. The Hall–Kier alpha value is -3.20. The van der Waals surface area contributed by atoms with Crippen LogP contribution < -0.4 is 10.7 Å². The lowest BCUT2D eigenvalue weighted by molar-refractivity contribution is 0.0747. The highest BCUT2D eigenvalue weighted by Crippen LogP contribution is 2.28. The maximum Gasteiger partial charge on any atom is 0.417 e. The molecule has 1 N–H and O–H groups in total. The molecule has 0 aliphatic carbocycles. The third kappa shape index (κ3) is 2.67. The van der Waals surface area contributed by atoms with Crippen molar-refractivity contribution in [3.8, 4) is 0 Å². The smallest absolute Gasteiger partial charge is 0.407 e. The van der Waals surface area contributed by atoms with Gasteiger partial charge in [-0.05, 0) is 23.6 Å². The average Bonchev–Trinajstić information content (AvgIpc) is 3.32. The molecule has 1 amide bonds. The minimum Gasteiger partial charge on any atom is -0.407 e. The first kappa shape index (κ1) is 16.0. The molecule has 1 fully saturated rings. The first-order valence-corrected chi connectivity index (χ1v) is 9.43. The average molecular weight is 381 g/mol. The lowest BCUT2D eigenvalue weighted by Crippen LogP contribution is -2.49. The van der Waals surface area contributed by atoms with Gasteiger partial charge in [-0.15, -0.1) is 11.3 Å². The second-order valence-electron chi connectivity index (χ2n) is 6.31. The summed E-state index contributed by atoms with van der Waals surface area (Å²) in [6.07, 6.45) is 1.58. The predicted molar refractivity (Wildman–Crippen MR) is 102 cm³/mol. The summed E-state index contributed by atoms with van der Waals surface area (Å²) in [4.78, 5) is 39.7. The number of aromatic amines is 1. The van der Waals surface area contributed by atoms with E-state index in [0.717, 1.165) is 16.0 Å². The fourth-order valence-corrected chi connectivity index (χ4v) is 4.30. The number of nitrogens with zero attached hydrogens (tertiary/aromatic N) is 4. The number of benzene rings is 1. The van der Waals surface area contributed by atoms with Gasteiger partial charge in [0.15, 0.2) is 5.58 Å². The van der Waals surface area contributed by atoms with Gasteiger partial charge in [0.1, 0.15) is 12.1 Å². The van der Waals surface area contributed by atoms with E-state index in [1.165, 1.54) is 0 Å². The number of fused-ring (bicyclic) bond motifs is 2. The summed E-state index contributed by atoms with van der Waals surface area (Å²) >= 11 is 1.62. The lowest BCUT2D eigenvalue weighted by atomic mass is 10.1. The Morgan fingerprint density at radius 2 is 2.00 bits per heavy atom. The van der Waals surface area contributed by atoms with Gasteiger partial charge in [-0.1, -0.05) is 6.07 Å². The van der Waals surface area contributed by atoms with Crippen molar-refractivity contribution in [2.75, 3.05) is 31.1 Å². The van der Waals surface area contributed by atoms with Gasteiger partial charge in [-0.25, -0.2) is 14.8 Å². The highest BCUT2D eigenvalue weighted by molar-refractivity contribution is 7.17. The summed E-state index contributed by atoms with van der Waals surface area (Å²) in [6, 6.07) is 7.13. The summed E-state index contributed by atoms with van der Waals surface area (Å²) in [6.45, 7) is 2.51. The Balaban J connectivity index is 1.38. The second kappa shape index (κ2) is 6.20. The van der Waals surface area contributed by atoms with E-state index in [2.05, 4.69) is 19.9 Å². The second-order valence-corrected chi connectivity index (χ2v) is 7.22. The van der Waals surface area contributed by atoms with Crippen LogP contribution in [0.25, 0.3) is 21.3 Å². The van der Waals surface area contributed by atoms with Gasteiger partial charge in [0.05, 0.1) is 21.3 Å². The standard InChI is InChI=1S/C18H15N5O3S/c24-17(11-2-1-3-12-14(11)26-18(25)21-12)23-7-5-22(6-8-23)16-15-13(4-9-27-15)19-10-20-16/h1-4,9-10H,5-8H2,(H,21,25). The molecule has 3 aromatic heterocycles. The summed E-state index contributed by atoms with van der Waals surface area (Å²) in [5, 5.41) is 2.01. The largest absolute Gasteiger partial charge is 0.417 e. The fourth-order valence-electron chi connectivity index (χ4n) is 3.43. The van der Waals surface area contributed by atoms with Crippen LogP contribution in [0.4, 0.5) is 5.82 Å². The number of piperazine rings is 1. The van der Waals surface area contributed by atoms with Crippen molar-refractivity contribution in [1.82, 2.24) is 19.9 Å². The number of thiophene rings is 1. The van der Waals surface area contributed by atoms with Crippen LogP contribution in [0.2, 0.25) is 0 Å². The highest BCUT2D eigenvalue weighted by atomic mass is 32.1. The molecule has 1 aliphatic heterocycles. The molecule has 136 valence electrons. The fraction of sp³-hybridized carbons (Fsp3) is 0.222. The normalized spacial score (nSPS) is 15.0. The predicted octanol–water partition coefficient (Wildman–Crippen LogP) is 2.09. The Bertz CT molecular complexity index is 1200. The molecular weight excluding hydrogens is 366 g/mol. The first-order valence-electron chi connectivity index (χ1n) is 8.55. The number of hydrogen-bond acceptors (Lipinski definition) is 7. The number of H-pyrrole nitrogens is 1. The summed E-state index contributed by atoms with van der Waals surface area (Å²) < 4.78 is 6.22. The molecule has 1 saturated heterocycles. The topological polar surface area (TPSA) is 95.3 Å². The van der Waals surface area contributed by atoms with Crippen LogP contribution in [0.15, 0.2) is 45.2 Å². The maximum atomic E-state index is 12.9. The van der Waals surface area contributed by atoms with E-state index in [1.807, 2.05) is 11.4 Å². The Kier molecular flexibility index (Phi) is 3.68. The van der Waals surface area contributed by atoms with Crippen LogP contribution in [0.1, 0.15) is 10.4 Å². The van der Waals surface area contributed by atoms with Crippen molar-refractivity contribution < 1.29 is 9.21 Å². The SMILES string of the molecule is O=C(c1cccc2[nH]c(=O)oc12)N1CCN(c2ncnc3ccsc23)CC1. The molecule has 9 heteroatoms. The number of hydrogen-bond donors (Lipinski definition) is 1. The van der Waals surface area contributed by atoms with Crippen molar-refractivity contribution in [2.24, 2.45) is 0 Å². The molecule has 1 aliphatic rings. The molecule has 0 saturated carbocycles. The molecule has 8 nitrogen and oxygen atoms in total. The minimum absolute atomic E-state index is 0.132. The number of para-hydroxylation sites is 1. The molecule has 1 aromatic carbocycles. The first-order chi connectivity index (χ1) is 13.2. The van der Waals surface area contributed by atoms with E-state index < -0.39 is 5.76 Å². The zero-order chi connectivity index (χ0) is 18.4. The Labute approximate surface area is 157 Å². The van der Waals surface area contributed by atoms with Crippen molar-refractivity contribution in [2.45, 2.75) is 0 Å². The molecule has 0 unspecified atom stereocenters. The van der Waals surface area contributed by atoms with Crippen LogP contribution in [0.5, 0.6) is 0 Å². The van der Waals surface area contributed by atoms with Crippen molar-refractivity contribution >= 4 is 44.4 Å². The van der Waals surface area contributed by atoms with Crippen LogP contribution in [-0.4, -0.2) is 51.9 Å². The van der Waals surface area contributed by atoms with E-state index >= 15 is 0 Å². The summed E-state index contributed by atoms with van der Waals surface area (Å²) in [5.41, 5.74) is 2.19. The Morgan fingerprint density at radius 3 is 2.85 bits per heavy atom. The molecule has 0 radical (unpaired) electrons. The maximum absolute atomic E-state index is 12.9.